The standard InChI is InChI=1S/C25H27N3O3/c1-16-7-5-11-21(17(16)2)28-24(29)15-31-25(30)20-13-23(18-8-6-12-26-14-18)27-22-10-4-3-9-19(20)22/h3-4,6,8-10,12-14,16-17,21H,5,7,11,15H2,1-2H3,(H,28,29)/t16-,17-,21+/m1/s1. The van der Waals surface area contributed by atoms with Crippen LogP contribution in [0.2, 0.25) is 0 Å². The minimum absolute atomic E-state index is 0.133. The van der Waals surface area contributed by atoms with Crippen molar-refractivity contribution in [3.63, 3.8) is 0 Å². The van der Waals surface area contributed by atoms with Gasteiger partial charge >= 0.3 is 5.97 Å². The highest BCUT2D eigenvalue weighted by Gasteiger charge is 2.28. The first-order valence-corrected chi connectivity index (χ1v) is 10.8. The summed E-state index contributed by atoms with van der Waals surface area (Å²) < 4.78 is 5.40. The molecule has 1 aliphatic rings. The molecule has 1 fully saturated rings. The lowest BCUT2D eigenvalue weighted by Crippen LogP contribution is -2.45. The van der Waals surface area contributed by atoms with E-state index in [2.05, 4.69) is 29.1 Å². The molecule has 3 atom stereocenters. The molecule has 1 aliphatic carbocycles. The zero-order valence-corrected chi connectivity index (χ0v) is 17.9. The number of nitrogens with zero attached hydrogens (tertiary/aromatic N) is 2. The lowest BCUT2D eigenvalue weighted by molar-refractivity contribution is -0.125. The first-order valence-electron chi connectivity index (χ1n) is 10.8. The summed E-state index contributed by atoms with van der Waals surface area (Å²) in [4.78, 5) is 34.1. The van der Waals surface area contributed by atoms with Gasteiger partial charge < -0.3 is 10.1 Å². The van der Waals surface area contributed by atoms with Crippen LogP contribution in [0.5, 0.6) is 0 Å². The van der Waals surface area contributed by atoms with Gasteiger partial charge in [0.15, 0.2) is 6.61 Å². The van der Waals surface area contributed by atoms with E-state index in [4.69, 9.17) is 4.74 Å². The molecule has 0 radical (unpaired) electrons. The maximum absolute atomic E-state index is 12.9. The molecule has 0 saturated heterocycles. The van der Waals surface area contributed by atoms with Gasteiger partial charge in [0.05, 0.1) is 16.8 Å². The molecule has 6 nitrogen and oxygen atoms in total. The average Bonchev–Trinajstić information content (AvgIpc) is 2.80. The Morgan fingerprint density at radius 1 is 1.13 bits per heavy atom. The average molecular weight is 418 g/mol. The van der Waals surface area contributed by atoms with Gasteiger partial charge in [0.25, 0.3) is 5.91 Å². The molecule has 2 aromatic heterocycles. The van der Waals surface area contributed by atoms with Crippen LogP contribution in [0.4, 0.5) is 0 Å². The van der Waals surface area contributed by atoms with Crippen molar-refractivity contribution < 1.29 is 14.3 Å². The highest BCUT2D eigenvalue weighted by Crippen LogP contribution is 2.29. The molecule has 3 aromatic rings. The summed E-state index contributed by atoms with van der Waals surface area (Å²) in [6, 6.07) is 12.9. The third-order valence-electron chi connectivity index (χ3n) is 6.28. The predicted molar refractivity (Wildman–Crippen MR) is 119 cm³/mol. The molecule has 1 amide bonds. The summed E-state index contributed by atoms with van der Waals surface area (Å²) in [7, 11) is 0. The summed E-state index contributed by atoms with van der Waals surface area (Å²) in [6.07, 6.45) is 6.65. The maximum atomic E-state index is 12.9. The van der Waals surface area contributed by atoms with E-state index < -0.39 is 5.97 Å². The number of amides is 1. The number of aromatic nitrogens is 2. The predicted octanol–water partition coefficient (Wildman–Crippen LogP) is 4.39. The Kier molecular flexibility index (Phi) is 6.26. The van der Waals surface area contributed by atoms with Crippen molar-refractivity contribution in [2.45, 2.75) is 39.2 Å². The van der Waals surface area contributed by atoms with E-state index in [9.17, 15) is 9.59 Å². The van der Waals surface area contributed by atoms with Crippen molar-refractivity contribution in [2.75, 3.05) is 6.61 Å². The maximum Gasteiger partial charge on any atom is 0.339 e. The van der Waals surface area contributed by atoms with E-state index in [-0.39, 0.29) is 18.6 Å². The van der Waals surface area contributed by atoms with Gasteiger partial charge in [0, 0.05) is 29.4 Å². The molecule has 31 heavy (non-hydrogen) atoms. The monoisotopic (exact) mass is 417 g/mol. The Morgan fingerprint density at radius 2 is 1.97 bits per heavy atom. The number of fused-ring (bicyclic) bond motifs is 1. The van der Waals surface area contributed by atoms with Gasteiger partial charge in [-0.2, -0.15) is 0 Å². The van der Waals surface area contributed by atoms with Crippen LogP contribution in [-0.4, -0.2) is 34.5 Å². The van der Waals surface area contributed by atoms with Crippen molar-refractivity contribution in [1.29, 1.82) is 0 Å². The number of carbonyl (C=O) groups is 2. The van der Waals surface area contributed by atoms with Crippen LogP contribution < -0.4 is 5.32 Å². The molecule has 6 heteroatoms. The summed E-state index contributed by atoms with van der Waals surface area (Å²) >= 11 is 0. The van der Waals surface area contributed by atoms with Crippen molar-refractivity contribution in [2.24, 2.45) is 11.8 Å². The number of nitrogens with one attached hydrogen (secondary N) is 1. The van der Waals surface area contributed by atoms with Gasteiger partial charge in [-0.1, -0.05) is 44.9 Å². The zero-order valence-electron chi connectivity index (χ0n) is 17.9. The number of benzene rings is 1. The van der Waals surface area contributed by atoms with E-state index >= 15 is 0 Å². The number of rotatable bonds is 5. The lowest BCUT2D eigenvalue weighted by atomic mass is 9.78. The van der Waals surface area contributed by atoms with Crippen molar-refractivity contribution in [1.82, 2.24) is 15.3 Å². The second kappa shape index (κ2) is 9.25. The number of pyridine rings is 2. The smallest absolute Gasteiger partial charge is 0.339 e. The van der Waals surface area contributed by atoms with Gasteiger partial charge in [-0.3, -0.25) is 9.78 Å². The van der Waals surface area contributed by atoms with E-state index in [1.807, 2.05) is 36.4 Å². The van der Waals surface area contributed by atoms with Gasteiger partial charge in [0.1, 0.15) is 0 Å². The number of hydrogen-bond donors (Lipinski definition) is 1. The number of para-hydroxylation sites is 1. The SMILES string of the molecule is C[C@@H]1[C@H](C)CCC[C@@H]1NC(=O)COC(=O)c1cc(-c2cccnc2)nc2ccccc12. The largest absolute Gasteiger partial charge is 0.452 e. The van der Waals surface area contributed by atoms with Crippen LogP contribution in [0.15, 0.2) is 54.9 Å². The highest BCUT2D eigenvalue weighted by molar-refractivity contribution is 6.05. The van der Waals surface area contributed by atoms with E-state index in [0.29, 0.717) is 34.0 Å². The Hall–Kier alpha value is -3.28. The normalized spacial score (nSPS) is 20.9. The van der Waals surface area contributed by atoms with Crippen LogP contribution in [0.3, 0.4) is 0 Å². The number of esters is 1. The Labute approximate surface area is 182 Å². The van der Waals surface area contributed by atoms with Crippen molar-refractivity contribution >= 4 is 22.8 Å². The van der Waals surface area contributed by atoms with Crippen molar-refractivity contribution in [3.05, 3.63) is 60.4 Å². The minimum atomic E-state index is -0.538. The Balaban J connectivity index is 1.50. The topological polar surface area (TPSA) is 81.2 Å². The fourth-order valence-electron chi connectivity index (χ4n) is 4.25. The van der Waals surface area contributed by atoms with Crippen LogP contribution in [0.1, 0.15) is 43.5 Å². The molecule has 0 aliphatic heterocycles. The molecule has 0 unspecified atom stereocenters. The Morgan fingerprint density at radius 3 is 2.77 bits per heavy atom. The van der Waals surface area contributed by atoms with Crippen LogP contribution in [-0.2, 0) is 9.53 Å². The van der Waals surface area contributed by atoms with Gasteiger partial charge in [-0.05, 0) is 42.5 Å². The molecule has 1 aromatic carbocycles. The second-order valence-corrected chi connectivity index (χ2v) is 8.33. The zero-order chi connectivity index (χ0) is 21.8. The summed E-state index contributed by atoms with van der Waals surface area (Å²) in [5.41, 5.74) is 2.51. The van der Waals surface area contributed by atoms with Gasteiger partial charge in [-0.15, -0.1) is 0 Å². The minimum Gasteiger partial charge on any atom is -0.452 e. The third-order valence-corrected chi connectivity index (χ3v) is 6.28. The molecule has 160 valence electrons. The van der Waals surface area contributed by atoms with Gasteiger partial charge in [-0.25, -0.2) is 9.78 Å². The van der Waals surface area contributed by atoms with Crippen molar-refractivity contribution in [3.8, 4) is 11.3 Å². The molecule has 4 rings (SSSR count). The van der Waals surface area contributed by atoms with E-state index in [1.54, 1.807) is 18.5 Å². The van der Waals surface area contributed by atoms with Gasteiger partial charge in [0.2, 0.25) is 0 Å². The first kappa shape index (κ1) is 21.0. The molecule has 2 heterocycles. The number of ether oxygens (including phenoxy) is 1. The number of hydrogen-bond acceptors (Lipinski definition) is 5. The third kappa shape index (κ3) is 4.74. The molecule has 0 spiro atoms. The first-order chi connectivity index (χ1) is 15.0. The van der Waals surface area contributed by atoms with E-state index in [0.717, 1.165) is 18.4 Å². The summed E-state index contributed by atoms with van der Waals surface area (Å²) in [6.45, 7) is 4.09. The molecule has 0 bridgehead atoms. The van der Waals surface area contributed by atoms with E-state index in [1.165, 1.54) is 6.42 Å². The highest BCUT2D eigenvalue weighted by atomic mass is 16.5. The molecular formula is C25H27N3O3. The molecular weight excluding hydrogens is 390 g/mol. The fourth-order valence-corrected chi connectivity index (χ4v) is 4.25. The molecule has 1 saturated carbocycles. The van der Waals surface area contributed by atoms with Crippen LogP contribution in [0, 0.1) is 11.8 Å². The van der Waals surface area contributed by atoms with Crippen LogP contribution in [0.25, 0.3) is 22.2 Å². The summed E-state index contributed by atoms with van der Waals surface area (Å²) in [5, 5.41) is 3.73. The number of carbonyl (C=O) groups excluding carboxylic acids is 2. The Bertz CT molecular complexity index is 1080. The molecule has 1 N–H and O–H groups in total. The fraction of sp³-hybridized carbons (Fsp3) is 0.360. The summed E-state index contributed by atoms with van der Waals surface area (Å²) in [5.74, 6) is 0.198. The lowest BCUT2D eigenvalue weighted by Gasteiger charge is -2.34. The quantitative estimate of drug-likeness (QED) is 0.623. The van der Waals surface area contributed by atoms with Crippen LogP contribution >= 0.6 is 0 Å². The second-order valence-electron chi connectivity index (χ2n) is 8.33.